The third-order valence-corrected chi connectivity index (χ3v) is 2.91. The Balaban J connectivity index is 2.98. The van der Waals surface area contributed by atoms with Gasteiger partial charge in [0.05, 0.1) is 6.10 Å². The van der Waals surface area contributed by atoms with Crippen LogP contribution in [-0.2, 0) is 0 Å². The molecule has 1 atom stereocenters. The monoisotopic (exact) mass is 213 g/mol. The molecular weight excluding hydrogens is 184 g/mol. The van der Waals surface area contributed by atoms with Gasteiger partial charge in [-0.25, -0.2) is 0 Å². The zero-order chi connectivity index (χ0) is 11.4. The van der Waals surface area contributed by atoms with Gasteiger partial charge in [0, 0.05) is 0 Å². The Hall–Kier alpha value is -0.0400. The molecule has 0 aliphatic heterocycles. The number of aliphatic hydroxyl groups is 1. The maximum absolute atomic E-state index is 9.51. The van der Waals surface area contributed by atoms with Crippen LogP contribution in [-0.4, -0.2) is 11.2 Å². The van der Waals surface area contributed by atoms with E-state index in [1.807, 2.05) is 0 Å². The molecule has 91 valence electrons. The van der Waals surface area contributed by atoms with Crippen LogP contribution in [0, 0.1) is 6.92 Å². The van der Waals surface area contributed by atoms with Crippen molar-refractivity contribution in [1.82, 2.24) is 0 Å². The largest absolute Gasteiger partial charge is 0.393 e. The zero-order valence-corrected chi connectivity index (χ0v) is 10.5. The van der Waals surface area contributed by atoms with Crippen LogP contribution in [0.2, 0.25) is 0 Å². The summed E-state index contributed by atoms with van der Waals surface area (Å²) in [5, 5.41) is 9.51. The molecule has 0 aromatic heterocycles. The van der Waals surface area contributed by atoms with Gasteiger partial charge in [-0.05, 0) is 12.8 Å². The van der Waals surface area contributed by atoms with E-state index < -0.39 is 0 Å². The predicted molar refractivity (Wildman–Crippen MR) is 67.8 cm³/mol. The lowest BCUT2D eigenvalue weighted by molar-refractivity contribution is 0.150. The van der Waals surface area contributed by atoms with Gasteiger partial charge in [0.25, 0.3) is 0 Å². The third kappa shape index (κ3) is 11.9. The molecular formula is C14H29O. The SMILES string of the molecule is [CH2]CCCCCCCCCC(O)CCC. The summed E-state index contributed by atoms with van der Waals surface area (Å²) in [5.74, 6) is 0. The van der Waals surface area contributed by atoms with Gasteiger partial charge < -0.3 is 5.11 Å². The molecule has 0 aromatic rings. The van der Waals surface area contributed by atoms with E-state index in [0.29, 0.717) is 0 Å². The maximum Gasteiger partial charge on any atom is 0.0540 e. The van der Waals surface area contributed by atoms with Crippen LogP contribution in [0.4, 0.5) is 0 Å². The van der Waals surface area contributed by atoms with E-state index in [9.17, 15) is 5.11 Å². The summed E-state index contributed by atoms with van der Waals surface area (Å²) < 4.78 is 0. The van der Waals surface area contributed by atoms with Gasteiger partial charge in [0.2, 0.25) is 0 Å². The Kier molecular flexibility index (Phi) is 12.0. The second-order valence-corrected chi connectivity index (χ2v) is 4.56. The fraction of sp³-hybridized carbons (Fsp3) is 0.929. The van der Waals surface area contributed by atoms with Gasteiger partial charge in [-0.1, -0.05) is 71.6 Å². The molecule has 0 fully saturated rings. The van der Waals surface area contributed by atoms with Gasteiger partial charge in [-0.15, -0.1) is 0 Å². The Morgan fingerprint density at radius 3 is 1.93 bits per heavy atom. The van der Waals surface area contributed by atoms with E-state index in [2.05, 4.69) is 13.8 Å². The predicted octanol–water partition coefficient (Wildman–Crippen LogP) is 4.49. The van der Waals surface area contributed by atoms with Gasteiger partial charge in [0.1, 0.15) is 0 Å². The van der Waals surface area contributed by atoms with E-state index in [1.165, 1.54) is 44.9 Å². The normalized spacial score (nSPS) is 13.0. The van der Waals surface area contributed by atoms with Gasteiger partial charge in [0.15, 0.2) is 0 Å². The van der Waals surface area contributed by atoms with E-state index in [-0.39, 0.29) is 6.10 Å². The standard InChI is InChI=1S/C14H29O/c1-3-5-6-7-8-9-10-11-13-14(15)12-4-2/h14-15H,1,3-13H2,2H3. The van der Waals surface area contributed by atoms with E-state index in [4.69, 9.17) is 0 Å². The summed E-state index contributed by atoms with van der Waals surface area (Å²) in [6.07, 6.45) is 13.3. The molecule has 15 heavy (non-hydrogen) atoms. The lowest BCUT2D eigenvalue weighted by Crippen LogP contribution is -2.04. The summed E-state index contributed by atoms with van der Waals surface area (Å²) in [5.41, 5.74) is 0. The van der Waals surface area contributed by atoms with Crippen LogP contribution >= 0.6 is 0 Å². The van der Waals surface area contributed by atoms with Crippen LogP contribution < -0.4 is 0 Å². The number of hydrogen-bond donors (Lipinski definition) is 1. The highest BCUT2D eigenvalue weighted by atomic mass is 16.3. The Morgan fingerprint density at radius 2 is 1.40 bits per heavy atom. The summed E-state index contributed by atoms with van der Waals surface area (Å²) >= 11 is 0. The van der Waals surface area contributed by atoms with E-state index in [0.717, 1.165) is 25.7 Å². The van der Waals surface area contributed by atoms with Crippen molar-refractivity contribution < 1.29 is 5.11 Å². The highest BCUT2D eigenvalue weighted by Gasteiger charge is 2.01. The van der Waals surface area contributed by atoms with Crippen molar-refractivity contribution >= 4 is 0 Å². The molecule has 0 aliphatic carbocycles. The van der Waals surface area contributed by atoms with Crippen LogP contribution in [0.1, 0.15) is 77.6 Å². The van der Waals surface area contributed by atoms with Crippen molar-refractivity contribution in [1.29, 1.82) is 0 Å². The highest BCUT2D eigenvalue weighted by Crippen LogP contribution is 2.12. The lowest BCUT2D eigenvalue weighted by atomic mass is 10.0. The average Bonchev–Trinajstić information content (AvgIpc) is 2.22. The first-order valence-electron chi connectivity index (χ1n) is 6.78. The Morgan fingerprint density at radius 1 is 0.867 bits per heavy atom. The van der Waals surface area contributed by atoms with Crippen molar-refractivity contribution in [3.63, 3.8) is 0 Å². The van der Waals surface area contributed by atoms with Crippen LogP contribution in [0.3, 0.4) is 0 Å². The minimum Gasteiger partial charge on any atom is -0.393 e. The van der Waals surface area contributed by atoms with Gasteiger partial charge >= 0.3 is 0 Å². The first-order valence-corrected chi connectivity index (χ1v) is 6.78. The van der Waals surface area contributed by atoms with E-state index >= 15 is 0 Å². The number of unbranched alkanes of at least 4 members (excludes halogenated alkanes) is 7. The second-order valence-electron chi connectivity index (χ2n) is 4.56. The summed E-state index contributed by atoms with van der Waals surface area (Å²) in [6, 6.07) is 0. The summed E-state index contributed by atoms with van der Waals surface area (Å²) in [6.45, 7) is 5.97. The van der Waals surface area contributed by atoms with Crippen molar-refractivity contribution in [2.45, 2.75) is 83.7 Å². The second kappa shape index (κ2) is 12.0. The first kappa shape index (κ1) is 15.0. The van der Waals surface area contributed by atoms with Crippen molar-refractivity contribution in [3.05, 3.63) is 6.92 Å². The molecule has 0 aromatic carbocycles. The lowest BCUT2D eigenvalue weighted by Gasteiger charge is -2.08. The third-order valence-electron chi connectivity index (χ3n) is 2.91. The fourth-order valence-corrected chi connectivity index (χ4v) is 1.92. The molecule has 0 saturated heterocycles. The zero-order valence-electron chi connectivity index (χ0n) is 10.5. The molecule has 0 spiro atoms. The fourth-order valence-electron chi connectivity index (χ4n) is 1.92. The molecule has 1 unspecified atom stereocenters. The molecule has 1 nitrogen and oxygen atoms in total. The van der Waals surface area contributed by atoms with Crippen LogP contribution in [0.5, 0.6) is 0 Å². The molecule has 0 rings (SSSR count). The molecule has 0 bridgehead atoms. The average molecular weight is 213 g/mol. The topological polar surface area (TPSA) is 20.2 Å². The molecule has 1 radical (unpaired) electrons. The van der Waals surface area contributed by atoms with Crippen molar-refractivity contribution in [2.75, 3.05) is 0 Å². The minimum atomic E-state index is -0.0406. The van der Waals surface area contributed by atoms with E-state index in [1.54, 1.807) is 0 Å². The van der Waals surface area contributed by atoms with Crippen LogP contribution in [0.25, 0.3) is 0 Å². The smallest absolute Gasteiger partial charge is 0.0540 e. The van der Waals surface area contributed by atoms with Crippen molar-refractivity contribution in [3.8, 4) is 0 Å². The van der Waals surface area contributed by atoms with Crippen molar-refractivity contribution in [2.24, 2.45) is 0 Å². The summed E-state index contributed by atoms with van der Waals surface area (Å²) in [4.78, 5) is 0. The number of hydrogen-bond acceptors (Lipinski definition) is 1. The molecule has 1 heteroatoms. The van der Waals surface area contributed by atoms with Gasteiger partial charge in [-0.3, -0.25) is 0 Å². The number of rotatable bonds is 11. The first-order chi connectivity index (χ1) is 7.31. The summed E-state index contributed by atoms with van der Waals surface area (Å²) in [7, 11) is 0. The van der Waals surface area contributed by atoms with Gasteiger partial charge in [-0.2, -0.15) is 0 Å². The number of aliphatic hydroxyl groups excluding tert-OH is 1. The maximum atomic E-state index is 9.51. The molecule has 0 saturated carbocycles. The Labute approximate surface area is 96.3 Å². The van der Waals surface area contributed by atoms with Crippen LogP contribution in [0.15, 0.2) is 0 Å². The highest BCUT2D eigenvalue weighted by molar-refractivity contribution is 4.55. The minimum absolute atomic E-state index is 0.0406. The quantitative estimate of drug-likeness (QED) is 0.501. The molecule has 1 N–H and O–H groups in total. The molecule has 0 aliphatic rings. The molecule has 0 heterocycles. The Bertz CT molecular complexity index is 112. The molecule has 0 amide bonds.